The molecule has 0 saturated heterocycles. The van der Waals surface area contributed by atoms with Crippen LogP contribution in [0.2, 0.25) is 0 Å². The van der Waals surface area contributed by atoms with Crippen LogP contribution in [0.4, 0.5) is 5.69 Å². The number of benzene rings is 2. The van der Waals surface area contributed by atoms with Crippen LogP contribution in [0.25, 0.3) is 0 Å². The Morgan fingerprint density at radius 3 is 2.58 bits per heavy atom. The van der Waals surface area contributed by atoms with Gasteiger partial charge >= 0.3 is 0 Å². The van der Waals surface area contributed by atoms with Crippen LogP contribution in [0, 0.1) is 11.8 Å². The summed E-state index contributed by atoms with van der Waals surface area (Å²) in [6, 6.07) is 12.5. The number of hydroxylamine groups is 1. The lowest BCUT2D eigenvalue weighted by molar-refractivity contribution is -0.124. The van der Waals surface area contributed by atoms with E-state index in [1.807, 2.05) is 0 Å². The minimum Gasteiger partial charge on any atom is -0.497 e. The topological polar surface area (TPSA) is 105 Å². The van der Waals surface area contributed by atoms with Crippen molar-refractivity contribution in [2.75, 3.05) is 11.8 Å². The molecule has 0 atom stereocenters. The Labute approximate surface area is 151 Å². The quantitative estimate of drug-likeness (QED) is 0.322. The highest BCUT2D eigenvalue weighted by atomic mass is 32.2. The molecule has 0 aliphatic carbocycles. The van der Waals surface area contributed by atoms with Crippen LogP contribution in [0.15, 0.2) is 65.6 Å². The highest BCUT2D eigenvalue weighted by molar-refractivity contribution is 7.92. The van der Waals surface area contributed by atoms with Gasteiger partial charge in [0.25, 0.3) is 15.9 Å². The third-order valence-electron chi connectivity index (χ3n) is 3.13. The van der Waals surface area contributed by atoms with E-state index in [-0.39, 0.29) is 4.90 Å². The number of rotatable bonds is 5. The van der Waals surface area contributed by atoms with Gasteiger partial charge in [-0.25, -0.2) is 13.9 Å². The molecular weight excluding hydrogens is 356 g/mol. The summed E-state index contributed by atoms with van der Waals surface area (Å²) in [7, 11) is -2.24. The maximum Gasteiger partial charge on any atom is 0.267 e. The monoisotopic (exact) mass is 372 g/mol. The number of carbonyl (C=O) groups excluding carboxylic acids is 1. The van der Waals surface area contributed by atoms with E-state index in [1.54, 1.807) is 36.4 Å². The molecule has 1 amide bonds. The molecule has 2 aromatic carbocycles. The molecule has 0 saturated carbocycles. The van der Waals surface area contributed by atoms with Gasteiger partial charge in [0, 0.05) is 11.6 Å². The molecule has 0 aliphatic rings. The number of anilines is 1. The molecule has 8 heteroatoms. The van der Waals surface area contributed by atoms with Crippen molar-refractivity contribution in [3.05, 3.63) is 66.2 Å². The van der Waals surface area contributed by atoms with Crippen molar-refractivity contribution in [2.24, 2.45) is 0 Å². The van der Waals surface area contributed by atoms with Gasteiger partial charge in [-0.15, -0.1) is 0 Å². The zero-order valence-corrected chi connectivity index (χ0v) is 14.6. The predicted octanol–water partition coefficient (Wildman–Crippen LogP) is 1.91. The molecule has 2 aromatic rings. The smallest absolute Gasteiger partial charge is 0.267 e. The molecule has 134 valence electrons. The fourth-order valence-corrected chi connectivity index (χ4v) is 2.96. The molecule has 0 aliphatic heterocycles. The Hall–Kier alpha value is -3.28. The van der Waals surface area contributed by atoms with Crippen molar-refractivity contribution in [3.8, 4) is 17.6 Å². The zero-order chi connectivity index (χ0) is 19.0. The number of ether oxygens (including phenoxy) is 1. The molecule has 2 rings (SSSR count). The Kier molecular flexibility index (Phi) is 6.38. The van der Waals surface area contributed by atoms with Crippen LogP contribution < -0.4 is 14.9 Å². The molecule has 0 unspecified atom stereocenters. The highest BCUT2D eigenvalue weighted by Gasteiger charge is 2.14. The van der Waals surface area contributed by atoms with E-state index in [1.165, 1.54) is 30.8 Å². The summed E-state index contributed by atoms with van der Waals surface area (Å²) in [4.78, 5) is 10.9. The summed E-state index contributed by atoms with van der Waals surface area (Å²) in [5.74, 6) is 5.23. The Bertz CT molecular complexity index is 971. The summed E-state index contributed by atoms with van der Waals surface area (Å²) in [6.07, 6.45) is 2.32. The summed E-state index contributed by atoms with van der Waals surface area (Å²) < 4.78 is 32.3. The van der Waals surface area contributed by atoms with Gasteiger partial charge in [0.05, 0.1) is 17.7 Å². The van der Waals surface area contributed by atoms with Gasteiger partial charge in [0.1, 0.15) is 5.75 Å². The number of carbonyl (C=O) groups is 1. The second-order valence-corrected chi connectivity index (χ2v) is 6.62. The first kappa shape index (κ1) is 19.1. The van der Waals surface area contributed by atoms with Crippen LogP contribution >= 0.6 is 0 Å². The second-order valence-electron chi connectivity index (χ2n) is 4.94. The van der Waals surface area contributed by atoms with Crippen molar-refractivity contribution >= 4 is 21.6 Å². The first-order chi connectivity index (χ1) is 12.4. The van der Waals surface area contributed by atoms with E-state index >= 15 is 0 Å². The van der Waals surface area contributed by atoms with Gasteiger partial charge in [0.15, 0.2) is 0 Å². The largest absolute Gasteiger partial charge is 0.497 e. The lowest BCUT2D eigenvalue weighted by Gasteiger charge is -2.09. The van der Waals surface area contributed by atoms with E-state index in [9.17, 15) is 13.2 Å². The van der Waals surface area contributed by atoms with Crippen molar-refractivity contribution in [1.29, 1.82) is 0 Å². The van der Waals surface area contributed by atoms with Crippen molar-refractivity contribution in [3.63, 3.8) is 0 Å². The molecule has 0 heterocycles. The van der Waals surface area contributed by atoms with Crippen LogP contribution in [0.1, 0.15) is 5.56 Å². The summed E-state index contributed by atoms with van der Waals surface area (Å²) in [5.41, 5.74) is 2.34. The summed E-state index contributed by atoms with van der Waals surface area (Å²) in [5, 5.41) is 8.35. The van der Waals surface area contributed by atoms with Crippen LogP contribution in [0.5, 0.6) is 5.75 Å². The summed E-state index contributed by atoms with van der Waals surface area (Å²) >= 11 is 0. The highest BCUT2D eigenvalue weighted by Crippen LogP contribution is 2.19. The molecule has 0 spiro atoms. The Morgan fingerprint density at radius 2 is 1.92 bits per heavy atom. The van der Waals surface area contributed by atoms with E-state index in [0.717, 1.165) is 6.08 Å². The maximum absolute atomic E-state index is 12.4. The second kappa shape index (κ2) is 8.71. The number of hydrogen-bond acceptors (Lipinski definition) is 5. The van der Waals surface area contributed by atoms with Crippen LogP contribution in [0.3, 0.4) is 0 Å². The van der Waals surface area contributed by atoms with E-state index < -0.39 is 15.9 Å². The van der Waals surface area contributed by atoms with Crippen LogP contribution in [-0.2, 0) is 14.8 Å². The molecule has 0 radical (unpaired) electrons. The lowest BCUT2D eigenvalue weighted by atomic mass is 10.2. The predicted molar refractivity (Wildman–Crippen MR) is 96.2 cm³/mol. The van der Waals surface area contributed by atoms with E-state index in [2.05, 4.69) is 16.6 Å². The van der Waals surface area contributed by atoms with Gasteiger partial charge in [-0.2, -0.15) is 0 Å². The normalized spacial score (nSPS) is 10.7. The third kappa shape index (κ3) is 5.37. The van der Waals surface area contributed by atoms with Gasteiger partial charge < -0.3 is 4.74 Å². The number of sulfonamides is 1. The summed E-state index contributed by atoms with van der Waals surface area (Å²) in [6.45, 7) is 0. The third-order valence-corrected chi connectivity index (χ3v) is 4.53. The minimum atomic E-state index is -3.74. The van der Waals surface area contributed by atoms with Gasteiger partial charge in [-0.1, -0.05) is 17.9 Å². The molecule has 26 heavy (non-hydrogen) atoms. The van der Waals surface area contributed by atoms with Gasteiger partial charge in [-0.3, -0.25) is 14.7 Å². The first-order valence-electron chi connectivity index (χ1n) is 7.34. The molecule has 0 aromatic heterocycles. The number of hydrogen-bond donors (Lipinski definition) is 3. The van der Waals surface area contributed by atoms with Crippen molar-refractivity contribution in [2.45, 2.75) is 4.90 Å². The van der Waals surface area contributed by atoms with E-state index in [4.69, 9.17) is 9.94 Å². The average molecular weight is 372 g/mol. The van der Waals surface area contributed by atoms with Crippen molar-refractivity contribution < 1.29 is 23.2 Å². The fraction of sp³-hybridized carbons (Fsp3) is 0.0556. The molecular formula is C18H16N2O5S. The lowest BCUT2D eigenvalue weighted by Crippen LogP contribution is -2.14. The Morgan fingerprint density at radius 1 is 1.19 bits per heavy atom. The maximum atomic E-state index is 12.4. The minimum absolute atomic E-state index is 0.104. The number of amides is 1. The Balaban J connectivity index is 2.15. The standard InChI is InChI=1S/C18H16N2O5S/c1-25-16-9-11-17(12-10-16)26(23,24)20-15-7-4-6-14(13-15)5-2-3-8-18(21)19-22/h3-4,6-13,20,22H,1H3,(H,19,21)/b8-3+. The molecule has 3 N–H and O–H groups in total. The van der Waals surface area contributed by atoms with Crippen molar-refractivity contribution in [1.82, 2.24) is 5.48 Å². The molecule has 0 fully saturated rings. The zero-order valence-electron chi connectivity index (χ0n) is 13.8. The average Bonchev–Trinajstić information content (AvgIpc) is 2.65. The number of nitrogens with one attached hydrogen (secondary N) is 2. The number of methoxy groups -OCH3 is 1. The fourth-order valence-electron chi connectivity index (χ4n) is 1.91. The number of allylic oxidation sites excluding steroid dienone is 1. The van der Waals surface area contributed by atoms with Crippen LogP contribution in [-0.4, -0.2) is 26.6 Å². The van der Waals surface area contributed by atoms with Gasteiger partial charge in [0.2, 0.25) is 0 Å². The van der Waals surface area contributed by atoms with E-state index in [0.29, 0.717) is 17.0 Å². The molecule has 0 bridgehead atoms. The SMILES string of the molecule is COc1ccc(S(=O)(=O)Nc2cccc(C#C/C=C/C(=O)NO)c2)cc1. The van der Waals surface area contributed by atoms with Gasteiger partial charge in [-0.05, 0) is 48.5 Å². The molecule has 7 nitrogen and oxygen atoms in total. The first-order valence-corrected chi connectivity index (χ1v) is 8.82.